The van der Waals surface area contributed by atoms with Crippen molar-refractivity contribution in [1.29, 1.82) is 0 Å². The zero-order valence-corrected chi connectivity index (χ0v) is 11.2. The minimum atomic E-state index is -3.14. The molecule has 2 rings (SSSR count). The highest BCUT2D eigenvalue weighted by atomic mass is 32.2. The number of hydrogen-bond donors (Lipinski definition) is 1. The Labute approximate surface area is 102 Å². The normalized spacial score (nSPS) is 15.9. The third kappa shape index (κ3) is 2.69. The summed E-state index contributed by atoms with van der Waals surface area (Å²) in [4.78, 5) is 4.52. The molecule has 0 radical (unpaired) electrons. The predicted octanol–water partition coefficient (Wildman–Crippen LogP) is 0.738. The van der Waals surface area contributed by atoms with Crippen LogP contribution in [-0.4, -0.2) is 23.7 Å². The van der Waals surface area contributed by atoms with E-state index in [4.69, 9.17) is 0 Å². The van der Waals surface area contributed by atoms with E-state index in [-0.39, 0.29) is 5.75 Å². The average Bonchev–Trinajstić information content (AvgIpc) is 2.65. The minimum Gasteiger partial charge on any atom is -0.334 e. The van der Waals surface area contributed by atoms with Crippen molar-refractivity contribution in [3.63, 3.8) is 0 Å². The number of fused-ring (bicyclic) bond motifs is 1. The van der Waals surface area contributed by atoms with Gasteiger partial charge in [0.25, 0.3) is 0 Å². The Hall–Kier alpha value is -0.880. The summed E-state index contributed by atoms with van der Waals surface area (Å²) < 4.78 is 27.4. The number of sulfonamides is 1. The molecule has 0 bridgehead atoms. The first-order chi connectivity index (χ1) is 8.03. The molecule has 0 saturated heterocycles. The average molecular weight is 257 g/mol. The van der Waals surface area contributed by atoms with Gasteiger partial charge < -0.3 is 4.57 Å². The van der Waals surface area contributed by atoms with E-state index in [9.17, 15) is 8.42 Å². The van der Waals surface area contributed by atoms with Crippen molar-refractivity contribution < 1.29 is 8.42 Å². The Bertz CT molecular complexity index is 505. The third-order valence-electron chi connectivity index (χ3n) is 3.30. The lowest BCUT2D eigenvalue weighted by molar-refractivity contribution is 0.578. The standard InChI is InChI=1S/C11H19N3O2S/c1-3-17(15,16)12-8-11-13-9-6-4-5-7-10(9)14(11)2/h12H,3-8H2,1-2H3. The van der Waals surface area contributed by atoms with Gasteiger partial charge in [-0.3, -0.25) is 0 Å². The van der Waals surface area contributed by atoms with Crippen LogP contribution in [0.5, 0.6) is 0 Å². The van der Waals surface area contributed by atoms with Gasteiger partial charge in [0.15, 0.2) is 0 Å². The van der Waals surface area contributed by atoms with Crippen molar-refractivity contribution in [3.05, 3.63) is 17.2 Å². The SMILES string of the molecule is CCS(=O)(=O)NCc1nc2c(n1C)CCCC2. The Kier molecular flexibility index (Phi) is 3.53. The number of imidazole rings is 1. The summed E-state index contributed by atoms with van der Waals surface area (Å²) in [5, 5.41) is 0. The largest absolute Gasteiger partial charge is 0.334 e. The molecule has 0 spiro atoms. The molecule has 0 atom stereocenters. The maximum Gasteiger partial charge on any atom is 0.211 e. The summed E-state index contributed by atoms with van der Waals surface area (Å²) in [6, 6.07) is 0. The summed E-state index contributed by atoms with van der Waals surface area (Å²) >= 11 is 0. The summed E-state index contributed by atoms with van der Waals surface area (Å²) in [7, 11) is -1.17. The van der Waals surface area contributed by atoms with E-state index in [1.165, 1.54) is 18.5 Å². The van der Waals surface area contributed by atoms with E-state index in [0.717, 1.165) is 24.4 Å². The van der Waals surface area contributed by atoms with Crippen LogP contribution in [0.2, 0.25) is 0 Å². The molecule has 0 aliphatic heterocycles. The summed E-state index contributed by atoms with van der Waals surface area (Å²) in [6.45, 7) is 1.92. The van der Waals surface area contributed by atoms with Crippen LogP contribution in [0.1, 0.15) is 37.0 Å². The smallest absolute Gasteiger partial charge is 0.211 e. The molecule has 0 unspecified atom stereocenters. The van der Waals surface area contributed by atoms with Crippen LogP contribution >= 0.6 is 0 Å². The molecule has 96 valence electrons. The quantitative estimate of drug-likeness (QED) is 0.865. The number of rotatable bonds is 4. The van der Waals surface area contributed by atoms with Crippen LogP contribution in [0.3, 0.4) is 0 Å². The van der Waals surface area contributed by atoms with Gasteiger partial charge in [-0.2, -0.15) is 0 Å². The summed E-state index contributed by atoms with van der Waals surface area (Å²) in [6.07, 6.45) is 4.46. The van der Waals surface area contributed by atoms with Crippen molar-refractivity contribution in [1.82, 2.24) is 14.3 Å². The zero-order valence-electron chi connectivity index (χ0n) is 10.4. The molecular formula is C11H19N3O2S. The molecule has 5 nitrogen and oxygen atoms in total. The molecule has 17 heavy (non-hydrogen) atoms. The van der Waals surface area contributed by atoms with Crippen molar-refractivity contribution >= 4 is 10.0 Å². The first-order valence-electron chi connectivity index (χ1n) is 6.04. The van der Waals surface area contributed by atoms with Crippen molar-refractivity contribution in [2.75, 3.05) is 5.75 Å². The maximum absolute atomic E-state index is 11.4. The predicted molar refractivity (Wildman–Crippen MR) is 66.2 cm³/mol. The molecule has 1 aromatic rings. The highest BCUT2D eigenvalue weighted by molar-refractivity contribution is 7.89. The van der Waals surface area contributed by atoms with E-state index < -0.39 is 10.0 Å². The highest BCUT2D eigenvalue weighted by Gasteiger charge is 2.18. The van der Waals surface area contributed by atoms with Crippen LogP contribution in [0.4, 0.5) is 0 Å². The Morgan fingerprint density at radius 2 is 2.06 bits per heavy atom. The van der Waals surface area contributed by atoms with Gasteiger partial charge in [-0.25, -0.2) is 18.1 Å². The van der Waals surface area contributed by atoms with Gasteiger partial charge in [0.05, 0.1) is 18.0 Å². The number of aromatic nitrogens is 2. The monoisotopic (exact) mass is 257 g/mol. The van der Waals surface area contributed by atoms with Gasteiger partial charge >= 0.3 is 0 Å². The van der Waals surface area contributed by atoms with Crippen molar-refractivity contribution in [2.45, 2.75) is 39.2 Å². The summed E-state index contributed by atoms with van der Waals surface area (Å²) in [5.41, 5.74) is 2.41. The first kappa shape index (κ1) is 12.6. The fourth-order valence-corrected chi connectivity index (χ4v) is 2.73. The fourth-order valence-electron chi connectivity index (χ4n) is 2.18. The number of aryl methyl sites for hydroxylation is 1. The minimum absolute atomic E-state index is 0.108. The molecule has 1 aliphatic rings. The van der Waals surface area contributed by atoms with Gasteiger partial charge in [0.2, 0.25) is 10.0 Å². The Morgan fingerprint density at radius 1 is 1.35 bits per heavy atom. The van der Waals surface area contributed by atoms with Crippen LogP contribution < -0.4 is 4.72 Å². The van der Waals surface area contributed by atoms with Gasteiger partial charge in [-0.1, -0.05) is 0 Å². The molecule has 1 aliphatic carbocycles. The number of nitrogens with zero attached hydrogens (tertiary/aromatic N) is 2. The lowest BCUT2D eigenvalue weighted by Crippen LogP contribution is -2.26. The topological polar surface area (TPSA) is 64.0 Å². The first-order valence-corrected chi connectivity index (χ1v) is 7.69. The molecule has 6 heteroatoms. The molecule has 1 N–H and O–H groups in total. The van der Waals surface area contributed by atoms with Gasteiger partial charge in [-0.05, 0) is 32.6 Å². The molecular weight excluding hydrogens is 238 g/mol. The van der Waals surface area contributed by atoms with E-state index >= 15 is 0 Å². The zero-order chi connectivity index (χ0) is 12.5. The molecule has 0 saturated carbocycles. The molecule has 0 aromatic carbocycles. The molecule has 0 amide bonds. The lowest BCUT2D eigenvalue weighted by atomic mass is 10.0. The second-order valence-electron chi connectivity index (χ2n) is 4.41. The van der Waals surface area contributed by atoms with E-state index in [2.05, 4.69) is 9.71 Å². The van der Waals surface area contributed by atoms with Gasteiger partial charge in [0, 0.05) is 12.7 Å². The van der Waals surface area contributed by atoms with Crippen molar-refractivity contribution in [2.24, 2.45) is 7.05 Å². The number of hydrogen-bond acceptors (Lipinski definition) is 3. The lowest BCUT2D eigenvalue weighted by Gasteiger charge is -2.11. The number of nitrogens with one attached hydrogen (secondary N) is 1. The van der Waals surface area contributed by atoms with Gasteiger partial charge in [-0.15, -0.1) is 0 Å². The Balaban J connectivity index is 2.14. The van der Waals surface area contributed by atoms with Crippen LogP contribution in [-0.2, 0) is 36.5 Å². The molecule has 1 heterocycles. The van der Waals surface area contributed by atoms with E-state index in [0.29, 0.717) is 6.54 Å². The van der Waals surface area contributed by atoms with Crippen LogP contribution in [0.15, 0.2) is 0 Å². The highest BCUT2D eigenvalue weighted by Crippen LogP contribution is 2.21. The maximum atomic E-state index is 11.4. The third-order valence-corrected chi connectivity index (χ3v) is 4.64. The second kappa shape index (κ2) is 4.78. The summed E-state index contributed by atoms with van der Waals surface area (Å²) in [5.74, 6) is 0.922. The van der Waals surface area contributed by atoms with E-state index in [1.807, 2.05) is 11.6 Å². The van der Waals surface area contributed by atoms with Crippen molar-refractivity contribution in [3.8, 4) is 0 Å². The van der Waals surface area contributed by atoms with E-state index in [1.54, 1.807) is 6.92 Å². The second-order valence-corrected chi connectivity index (χ2v) is 6.51. The molecule has 0 fully saturated rings. The fraction of sp³-hybridized carbons (Fsp3) is 0.727. The van der Waals surface area contributed by atoms with Gasteiger partial charge in [0.1, 0.15) is 5.82 Å². The Morgan fingerprint density at radius 3 is 2.71 bits per heavy atom. The van der Waals surface area contributed by atoms with Crippen LogP contribution in [0.25, 0.3) is 0 Å². The molecule has 1 aromatic heterocycles. The van der Waals surface area contributed by atoms with Crippen LogP contribution in [0, 0.1) is 0 Å².